The van der Waals surface area contributed by atoms with Crippen LogP contribution in [0, 0.1) is 11.3 Å². The fourth-order valence-electron chi connectivity index (χ4n) is 3.79. The highest BCUT2D eigenvalue weighted by Gasteiger charge is 2.46. The predicted molar refractivity (Wildman–Crippen MR) is 66.0 cm³/mol. The summed E-state index contributed by atoms with van der Waals surface area (Å²) in [7, 11) is 0. The van der Waals surface area contributed by atoms with Crippen LogP contribution in [0.15, 0.2) is 0 Å². The summed E-state index contributed by atoms with van der Waals surface area (Å²) in [5.74, 6) is 1.04. The summed E-state index contributed by atoms with van der Waals surface area (Å²) in [6.07, 6.45) is 7.32. The first-order valence-electron chi connectivity index (χ1n) is 6.73. The zero-order valence-electron chi connectivity index (χ0n) is 11.0. The molecule has 0 amide bonds. The normalized spacial score (nSPS) is 38.0. The number of piperidine rings is 1. The molecule has 0 aromatic heterocycles. The SMILES string of the molecule is CCC12CCCC1CCN(C(C)(C)C)C2. The van der Waals surface area contributed by atoms with E-state index in [1.165, 1.54) is 45.2 Å². The maximum absolute atomic E-state index is 2.72. The van der Waals surface area contributed by atoms with Gasteiger partial charge in [-0.25, -0.2) is 0 Å². The van der Waals surface area contributed by atoms with E-state index in [9.17, 15) is 0 Å². The van der Waals surface area contributed by atoms with Crippen LogP contribution >= 0.6 is 0 Å². The standard InChI is InChI=1S/C14H27N/c1-5-14-9-6-7-12(14)8-10-15(11-14)13(2,3)4/h12H,5-11H2,1-4H3. The monoisotopic (exact) mass is 209 g/mol. The zero-order chi connectivity index (χ0) is 11.1. The number of nitrogens with zero attached hydrogens (tertiary/aromatic N) is 1. The van der Waals surface area contributed by atoms with Gasteiger partial charge in [0.1, 0.15) is 0 Å². The molecule has 1 heteroatoms. The number of hydrogen-bond donors (Lipinski definition) is 0. The van der Waals surface area contributed by atoms with Gasteiger partial charge >= 0.3 is 0 Å². The van der Waals surface area contributed by atoms with Crippen molar-refractivity contribution >= 4 is 0 Å². The minimum atomic E-state index is 0.371. The van der Waals surface area contributed by atoms with Crippen LogP contribution in [0.1, 0.15) is 59.8 Å². The van der Waals surface area contributed by atoms with Crippen molar-refractivity contribution in [3.63, 3.8) is 0 Å². The second-order valence-corrected chi connectivity index (χ2v) is 6.69. The van der Waals surface area contributed by atoms with E-state index in [2.05, 4.69) is 32.6 Å². The quantitative estimate of drug-likeness (QED) is 0.636. The van der Waals surface area contributed by atoms with Gasteiger partial charge in [-0.05, 0) is 64.3 Å². The third-order valence-electron chi connectivity index (χ3n) is 5.00. The van der Waals surface area contributed by atoms with Crippen molar-refractivity contribution in [1.29, 1.82) is 0 Å². The lowest BCUT2D eigenvalue weighted by Crippen LogP contribution is -2.53. The Morgan fingerprint density at radius 3 is 2.60 bits per heavy atom. The van der Waals surface area contributed by atoms with E-state index in [0.29, 0.717) is 11.0 Å². The van der Waals surface area contributed by atoms with Crippen molar-refractivity contribution in [3.05, 3.63) is 0 Å². The molecule has 1 saturated carbocycles. The number of likely N-dealkylation sites (tertiary alicyclic amines) is 1. The van der Waals surface area contributed by atoms with Gasteiger partial charge in [0, 0.05) is 12.1 Å². The molecule has 1 nitrogen and oxygen atoms in total. The molecule has 0 aromatic rings. The summed E-state index contributed by atoms with van der Waals surface area (Å²) in [6, 6.07) is 0. The van der Waals surface area contributed by atoms with E-state index in [1.807, 2.05) is 0 Å². The van der Waals surface area contributed by atoms with Crippen LogP contribution in [-0.4, -0.2) is 23.5 Å². The number of hydrogen-bond acceptors (Lipinski definition) is 1. The van der Waals surface area contributed by atoms with Gasteiger partial charge in [0.05, 0.1) is 0 Å². The van der Waals surface area contributed by atoms with E-state index in [4.69, 9.17) is 0 Å². The summed E-state index contributed by atoms with van der Waals surface area (Å²) in [5.41, 5.74) is 1.06. The van der Waals surface area contributed by atoms with E-state index in [0.717, 1.165) is 5.92 Å². The van der Waals surface area contributed by atoms with E-state index >= 15 is 0 Å². The largest absolute Gasteiger partial charge is 0.298 e. The highest BCUT2D eigenvalue weighted by atomic mass is 15.2. The molecule has 2 rings (SSSR count). The molecule has 88 valence electrons. The van der Waals surface area contributed by atoms with E-state index in [-0.39, 0.29) is 0 Å². The van der Waals surface area contributed by atoms with Gasteiger partial charge in [-0.1, -0.05) is 13.3 Å². The maximum atomic E-state index is 2.72. The topological polar surface area (TPSA) is 3.24 Å². The Balaban J connectivity index is 2.13. The van der Waals surface area contributed by atoms with Gasteiger partial charge in [0.25, 0.3) is 0 Å². The van der Waals surface area contributed by atoms with Gasteiger partial charge in [-0.3, -0.25) is 4.90 Å². The van der Waals surface area contributed by atoms with Gasteiger partial charge in [-0.2, -0.15) is 0 Å². The highest BCUT2D eigenvalue weighted by Crippen LogP contribution is 2.51. The summed E-state index contributed by atoms with van der Waals surface area (Å²) in [5, 5.41) is 0. The van der Waals surface area contributed by atoms with Crippen molar-refractivity contribution in [3.8, 4) is 0 Å². The Kier molecular flexibility index (Phi) is 2.87. The first-order valence-corrected chi connectivity index (χ1v) is 6.73. The average Bonchev–Trinajstić information content (AvgIpc) is 2.59. The van der Waals surface area contributed by atoms with Crippen molar-refractivity contribution in [2.24, 2.45) is 11.3 Å². The summed E-state index contributed by atoms with van der Waals surface area (Å²) in [6.45, 7) is 12.2. The minimum absolute atomic E-state index is 0.371. The van der Waals surface area contributed by atoms with Gasteiger partial charge in [0.2, 0.25) is 0 Å². The Hall–Kier alpha value is -0.0400. The summed E-state index contributed by atoms with van der Waals surface area (Å²) < 4.78 is 0. The average molecular weight is 209 g/mol. The van der Waals surface area contributed by atoms with Gasteiger partial charge in [0.15, 0.2) is 0 Å². The third kappa shape index (κ3) is 1.95. The fourth-order valence-corrected chi connectivity index (χ4v) is 3.79. The van der Waals surface area contributed by atoms with Crippen LogP contribution in [-0.2, 0) is 0 Å². The van der Waals surface area contributed by atoms with Crippen molar-refractivity contribution < 1.29 is 0 Å². The molecule has 0 radical (unpaired) electrons. The molecule has 0 N–H and O–H groups in total. The second-order valence-electron chi connectivity index (χ2n) is 6.69. The van der Waals surface area contributed by atoms with Crippen molar-refractivity contribution in [2.45, 2.75) is 65.3 Å². The highest BCUT2D eigenvalue weighted by molar-refractivity contribution is 4.98. The molecule has 2 atom stereocenters. The molecule has 0 aromatic carbocycles. The smallest absolute Gasteiger partial charge is 0.0125 e. The number of rotatable bonds is 1. The Bertz CT molecular complexity index is 228. The van der Waals surface area contributed by atoms with E-state index < -0.39 is 0 Å². The maximum Gasteiger partial charge on any atom is 0.0125 e. The lowest BCUT2D eigenvalue weighted by atomic mass is 9.70. The molecule has 1 aliphatic heterocycles. The van der Waals surface area contributed by atoms with Crippen LogP contribution in [0.25, 0.3) is 0 Å². The summed E-state index contributed by atoms with van der Waals surface area (Å²) in [4.78, 5) is 2.72. The molecular weight excluding hydrogens is 182 g/mol. The molecule has 1 heterocycles. The van der Waals surface area contributed by atoms with Crippen LogP contribution in [0.3, 0.4) is 0 Å². The van der Waals surface area contributed by atoms with Crippen molar-refractivity contribution in [1.82, 2.24) is 4.90 Å². The first kappa shape index (κ1) is 11.4. The molecule has 2 fully saturated rings. The van der Waals surface area contributed by atoms with Crippen molar-refractivity contribution in [2.75, 3.05) is 13.1 Å². The fraction of sp³-hybridized carbons (Fsp3) is 1.00. The lowest BCUT2D eigenvalue weighted by Gasteiger charge is -2.49. The molecular formula is C14H27N. The Morgan fingerprint density at radius 1 is 1.27 bits per heavy atom. The number of fused-ring (bicyclic) bond motifs is 1. The van der Waals surface area contributed by atoms with Crippen LogP contribution in [0.4, 0.5) is 0 Å². The minimum Gasteiger partial charge on any atom is -0.298 e. The lowest BCUT2D eigenvalue weighted by molar-refractivity contribution is -0.00446. The molecule has 15 heavy (non-hydrogen) atoms. The third-order valence-corrected chi connectivity index (χ3v) is 5.00. The Morgan fingerprint density at radius 2 is 2.00 bits per heavy atom. The molecule has 2 unspecified atom stereocenters. The van der Waals surface area contributed by atoms with Crippen LogP contribution in [0.2, 0.25) is 0 Å². The van der Waals surface area contributed by atoms with Crippen LogP contribution in [0.5, 0.6) is 0 Å². The van der Waals surface area contributed by atoms with Crippen LogP contribution < -0.4 is 0 Å². The summed E-state index contributed by atoms with van der Waals surface area (Å²) >= 11 is 0. The van der Waals surface area contributed by atoms with Gasteiger partial charge in [-0.15, -0.1) is 0 Å². The van der Waals surface area contributed by atoms with E-state index in [1.54, 1.807) is 0 Å². The Labute approximate surface area is 95.2 Å². The molecule has 2 aliphatic rings. The molecule has 0 bridgehead atoms. The first-order chi connectivity index (χ1) is 6.98. The molecule has 0 spiro atoms. The zero-order valence-corrected chi connectivity index (χ0v) is 11.0. The predicted octanol–water partition coefficient (Wildman–Crippen LogP) is 3.69. The molecule has 1 aliphatic carbocycles. The second kappa shape index (κ2) is 3.76. The molecule has 1 saturated heterocycles. The van der Waals surface area contributed by atoms with Gasteiger partial charge < -0.3 is 0 Å².